The molecule has 13 heavy (non-hydrogen) atoms. The molecule has 1 amide bonds. The van der Waals surface area contributed by atoms with Crippen LogP contribution in [-0.2, 0) is 6.54 Å². The lowest BCUT2D eigenvalue weighted by Crippen LogP contribution is -2.12. The molecule has 1 heterocycles. The monoisotopic (exact) mass is 181 g/mol. The van der Waals surface area contributed by atoms with Crippen molar-refractivity contribution in [2.75, 3.05) is 0 Å². The summed E-state index contributed by atoms with van der Waals surface area (Å²) in [7, 11) is 0. The Bertz CT molecular complexity index is 304. The second-order valence-corrected chi connectivity index (χ2v) is 3.11. The van der Waals surface area contributed by atoms with Crippen molar-refractivity contribution in [2.45, 2.75) is 33.2 Å². The van der Waals surface area contributed by atoms with E-state index < -0.39 is 5.91 Å². The van der Waals surface area contributed by atoms with E-state index in [0.717, 1.165) is 25.1 Å². The minimum atomic E-state index is -0.460. The molecule has 1 aromatic heterocycles. The summed E-state index contributed by atoms with van der Waals surface area (Å²) < 4.78 is 1.82. The Kier molecular flexibility index (Phi) is 3.06. The molecule has 0 aliphatic carbocycles. The summed E-state index contributed by atoms with van der Waals surface area (Å²) in [6.07, 6.45) is 2.19. The van der Waals surface area contributed by atoms with E-state index in [1.807, 2.05) is 11.6 Å². The summed E-state index contributed by atoms with van der Waals surface area (Å²) >= 11 is 0. The van der Waals surface area contributed by atoms with Gasteiger partial charge in [-0.3, -0.25) is 9.48 Å². The number of hydrogen-bond acceptors (Lipinski definition) is 2. The Balaban J connectivity index is 2.77. The quantitative estimate of drug-likeness (QED) is 0.755. The predicted molar refractivity (Wildman–Crippen MR) is 50.4 cm³/mol. The van der Waals surface area contributed by atoms with Gasteiger partial charge in [-0.15, -0.1) is 0 Å². The number of aryl methyl sites for hydroxylation is 2. The number of carbonyl (C=O) groups is 1. The largest absolute Gasteiger partial charge is 0.364 e. The van der Waals surface area contributed by atoms with Gasteiger partial charge in [-0.1, -0.05) is 13.3 Å². The molecule has 0 saturated heterocycles. The summed E-state index contributed by atoms with van der Waals surface area (Å²) in [6, 6.07) is 1.72. The zero-order valence-corrected chi connectivity index (χ0v) is 8.08. The number of primary amides is 1. The van der Waals surface area contributed by atoms with Crippen LogP contribution >= 0.6 is 0 Å². The van der Waals surface area contributed by atoms with Crippen LogP contribution in [0, 0.1) is 6.92 Å². The number of nitrogens with zero attached hydrogens (tertiary/aromatic N) is 2. The van der Waals surface area contributed by atoms with Crippen molar-refractivity contribution in [1.82, 2.24) is 9.78 Å². The van der Waals surface area contributed by atoms with E-state index in [1.54, 1.807) is 6.07 Å². The fourth-order valence-electron chi connectivity index (χ4n) is 1.16. The van der Waals surface area contributed by atoms with E-state index in [1.165, 1.54) is 0 Å². The Labute approximate surface area is 77.7 Å². The fraction of sp³-hybridized carbons (Fsp3) is 0.556. The average Bonchev–Trinajstić information content (AvgIpc) is 2.44. The average molecular weight is 181 g/mol. The molecule has 0 aromatic carbocycles. The van der Waals surface area contributed by atoms with Gasteiger partial charge in [0.05, 0.1) is 0 Å². The Morgan fingerprint density at radius 3 is 2.85 bits per heavy atom. The molecule has 0 saturated carbocycles. The van der Waals surface area contributed by atoms with Crippen molar-refractivity contribution < 1.29 is 4.79 Å². The predicted octanol–water partition coefficient (Wildman–Crippen LogP) is 1.09. The number of nitrogens with two attached hydrogens (primary N) is 1. The summed E-state index contributed by atoms with van der Waals surface area (Å²) in [4.78, 5) is 10.8. The van der Waals surface area contributed by atoms with Crippen molar-refractivity contribution in [1.29, 1.82) is 0 Å². The number of hydrogen-bond donors (Lipinski definition) is 1. The zero-order chi connectivity index (χ0) is 9.84. The first kappa shape index (κ1) is 9.77. The van der Waals surface area contributed by atoms with Gasteiger partial charge in [0.15, 0.2) is 0 Å². The van der Waals surface area contributed by atoms with Crippen LogP contribution in [-0.4, -0.2) is 15.7 Å². The molecule has 0 unspecified atom stereocenters. The van der Waals surface area contributed by atoms with Crippen LogP contribution in [0.1, 0.15) is 35.9 Å². The highest BCUT2D eigenvalue weighted by Gasteiger charge is 2.07. The molecule has 0 aliphatic rings. The van der Waals surface area contributed by atoms with E-state index >= 15 is 0 Å². The Morgan fingerprint density at radius 2 is 2.38 bits per heavy atom. The first-order valence-corrected chi connectivity index (χ1v) is 4.49. The molecule has 4 heteroatoms. The second-order valence-electron chi connectivity index (χ2n) is 3.11. The lowest BCUT2D eigenvalue weighted by atomic mass is 10.3. The van der Waals surface area contributed by atoms with Gasteiger partial charge in [0.1, 0.15) is 5.69 Å². The van der Waals surface area contributed by atoms with Crippen molar-refractivity contribution in [2.24, 2.45) is 5.73 Å². The molecule has 0 spiro atoms. The van der Waals surface area contributed by atoms with Crippen molar-refractivity contribution >= 4 is 5.91 Å². The molecule has 0 aliphatic heterocycles. The van der Waals surface area contributed by atoms with Crippen molar-refractivity contribution in [3.63, 3.8) is 0 Å². The van der Waals surface area contributed by atoms with Crippen LogP contribution in [0.25, 0.3) is 0 Å². The van der Waals surface area contributed by atoms with E-state index in [9.17, 15) is 4.79 Å². The molecule has 72 valence electrons. The molecule has 4 nitrogen and oxygen atoms in total. The molecule has 2 N–H and O–H groups in total. The van der Waals surface area contributed by atoms with Gasteiger partial charge >= 0.3 is 0 Å². The molecule has 0 bridgehead atoms. The van der Waals surface area contributed by atoms with E-state index in [2.05, 4.69) is 12.0 Å². The van der Waals surface area contributed by atoms with Gasteiger partial charge in [-0.2, -0.15) is 5.10 Å². The van der Waals surface area contributed by atoms with Crippen LogP contribution in [0.5, 0.6) is 0 Å². The van der Waals surface area contributed by atoms with Crippen LogP contribution in [0.2, 0.25) is 0 Å². The maximum absolute atomic E-state index is 10.8. The van der Waals surface area contributed by atoms with Crippen molar-refractivity contribution in [3.05, 3.63) is 17.5 Å². The maximum Gasteiger partial charge on any atom is 0.269 e. The highest BCUT2D eigenvalue weighted by Crippen LogP contribution is 2.04. The number of rotatable bonds is 4. The van der Waals surface area contributed by atoms with Gasteiger partial charge in [0, 0.05) is 12.2 Å². The number of unbranched alkanes of at least 4 members (excludes halogenated alkanes) is 1. The van der Waals surface area contributed by atoms with Gasteiger partial charge < -0.3 is 5.73 Å². The summed E-state index contributed by atoms with van der Waals surface area (Å²) in [5, 5.41) is 4.09. The number of amides is 1. The highest BCUT2D eigenvalue weighted by atomic mass is 16.1. The van der Waals surface area contributed by atoms with Gasteiger partial charge in [0.25, 0.3) is 5.91 Å². The summed E-state index contributed by atoms with van der Waals surface area (Å²) in [6.45, 7) is 4.90. The fourth-order valence-corrected chi connectivity index (χ4v) is 1.16. The molecule has 1 aromatic rings. The second kappa shape index (κ2) is 4.07. The van der Waals surface area contributed by atoms with Gasteiger partial charge in [-0.25, -0.2) is 0 Å². The molecule has 0 radical (unpaired) electrons. The molecular formula is C9H15N3O. The molecule has 0 atom stereocenters. The van der Waals surface area contributed by atoms with E-state index in [0.29, 0.717) is 5.69 Å². The third-order valence-electron chi connectivity index (χ3n) is 1.96. The first-order chi connectivity index (χ1) is 6.15. The summed E-state index contributed by atoms with van der Waals surface area (Å²) in [5.74, 6) is -0.460. The first-order valence-electron chi connectivity index (χ1n) is 4.49. The normalized spacial score (nSPS) is 10.3. The third kappa shape index (κ3) is 2.31. The Morgan fingerprint density at radius 1 is 1.69 bits per heavy atom. The lowest BCUT2D eigenvalue weighted by Gasteiger charge is -2.00. The highest BCUT2D eigenvalue weighted by molar-refractivity contribution is 5.90. The van der Waals surface area contributed by atoms with E-state index in [4.69, 9.17) is 5.73 Å². The molecular weight excluding hydrogens is 166 g/mol. The van der Waals surface area contributed by atoms with Crippen LogP contribution < -0.4 is 5.73 Å². The standard InChI is InChI=1S/C9H15N3O/c1-3-4-5-12-7(2)6-8(11-12)9(10)13/h6H,3-5H2,1-2H3,(H2,10,13). The summed E-state index contributed by atoms with van der Waals surface area (Å²) in [5.41, 5.74) is 6.45. The van der Waals surface area contributed by atoms with Crippen molar-refractivity contribution in [3.8, 4) is 0 Å². The topological polar surface area (TPSA) is 60.9 Å². The maximum atomic E-state index is 10.8. The SMILES string of the molecule is CCCCn1nc(C(N)=O)cc1C. The van der Waals surface area contributed by atoms with Crippen LogP contribution in [0.15, 0.2) is 6.07 Å². The van der Waals surface area contributed by atoms with Gasteiger partial charge in [0.2, 0.25) is 0 Å². The third-order valence-corrected chi connectivity index (χ3v) is 1.96. The van der Waals surface area contributed by atoms with Crippen LogP contribution in [0.4, 0.5) is 0 Å². The lowest BCUT2D eigenvalue weighted by molar-refractivity contribution is 0.0994. The minimum Gasteiger partial charge on any atom is -0.364 e. The number of aromatic nitrogens is 2. The van der Waals surface area contributed by atoms with E-state index in [-0.39, 0.29) is 0 Å². The zero-order valence-electron chi connectivity index (χ0n) is 8.08. The molecule has 0 fully saturated rings. The minimum absolute atomic E-state index is 0.355. The molecule has 1 rings (SSSR count). The van der Waals surface area contributed by atoms with Crippen LogP contribution in [0.3, 0.4) is 0 Å². The number of carbonyl (C=O) groups excluding carboxylic acids is 1. The van der Waals surface area contributed by atoms with Gasteiger partial charge in [-0.05, 0) is 19.4 Å². The Hall–Kier alpha value is -1.32. The smallest absolute Gasteiger partial charge is 0.269 e.